The van der Waals surface area contributed by atoms with Crippen LogP contribution in [0.25, 0.3) is 0 Å². The molecule has 1 N–H and O–H groups in total. The Morgan fingerprint density at radius 2 is 1.53 bits per heavy atom. The third kappa shape index (κ3) is 9.24. The van der Waals surface area contributed by atoms with Crippen LogP contribution in [0.15, 0.2) is 82.6 Å². The Hall–Kier alpha value is -3.50. The molecule has 1 unspecified atom stereocenters. The lowest BCUT2D eigenvalue weighted by Crippen LogP contribution is -2.55. The summed E-state index contributed by atoms with van der Waals surface area (Å²) in [5.74, 6) is -0.196. The van der Waals surface area contributed by atoms with Crippen molar-refractivity contribution < 1.29 is 22.7 Å². The van der Waals surface area contributed by atoms with Crippen LogP contribution >= 0.6 is 11.8 Å². The number of nitrogens with zero attached hydrogens (tertiary/aromatic N) is 2. The van der Waals surface area contributed by atoms with Gasteiger partial charge in [0, 0.05) is 17.0 Å². The van der Waals surface area contributed by atoms with Gasteiger partial charge in [0.1, 0.15) is 18.3 Å². The molecule has 10 heteroatoms. The largest absolute Gasteiger partial charge is 0.494 e. The topological polar surface area (TPSA) is 96.0 Å². The number of amides is 2. The van der Waals surface area contributed by atoms with E-state index in [1.807, 2.05) is 72.1 Å². The van der Waals surface area contributed by atoms with E-state index >= 15 is 0 Å². The first-order valence-corrected chi connectivity index (χ1v) is 17.0. The first-order valence-electron chi connectivity index (χ1n) is 14.4. The van der Waals surface area contributed by atoms with Crippen LogP contribution in [-0.2, 0) is 26.2 Å². The van der Waals surface area contributed by atoms with Crippen LogP contribution < -0.4 is 14.4 Å². The Bertz CT molecular complexity index is 1470. The highest BCUT2D eigenvalue weighted by molar-refractivity contribution is 7.98. The van der Waals surface area contributed by atoms with Gasteiger partial charge in [0.05, 0.1) is 17.2 Å². The maximum atomic E-state index is 14.2. The molecule has 3 aromatic rings. The number of carbonyl (C=O) groups is 2. The summed E-state index contributed by atoms with van der Waals surface area (Å²) in [7, 11) is -4.16. The van der Waals surface area contributed by atoms with Crippen LogP contribution in [0.2, 0.25) is 0 Å². The number of anilines is 1. The van der Waals surface area contributed by atoms with Gasteiger partial charge in [0.25, 0.3) is 10.0 Å². The van der Waals surface area contributed by atoms with Crippen molar-refractivity contribution in [1.82, 2.24) is 10.2 Å². The minimum atomic E-state index is -4.16. The minimum absolute atomic E-state index is 0.0644. The molecule has 2 amide bonds. The number of sulfonamides is 1. The predicted molar refractivity (Wildman–Crippen MR) is 174 cm³/mol. The first kappa shape index (κ1) is 34.0. The molecule has 43 heavy (non-hydrogen) atoms. The molecule has 0 aliphatic carbocycles. The second-order valence-electron chi connectivity index (χ2n) is 11.3. The molecule has 8 nitrogen and oxygen atoms in total. The van der Waals surface area contributed by atoms with Gasteiger partial charge >= 0.3 is 0 Å². The number of benzene rings is 3. The maximum Gasteiger partial charge on any atom is 0.264 e. The average molecular weight is 626 g/mol. The Labute approximate surface area is 260 Å². The molecular weight excluding hydrogens is 583 g/mol. The summed E-state index contributed by atoms with van der Waals surface area (Å²) in [6.07, 6.45) is 2.27. The van der Waals surface area contributed by atoms with Gasteiger partial charge in [-0.2, -0.15) is 0 Å². The summed E-state index contributed by atoms with van der Waals surface area (Å²) in [6, 6.07) is 20.1. The summed E-state index contributed by atoms with van der Waals surface area (Å²) in [5.41, 5.74) is 1.71. The highest BCUT2D eigenvalue weighted by atomic mass is 32.2. The SMILES string of the molecule is CCOc1ccc(N(CC(=O)N(Cc2ccc(C)cc2)C(CC)C(=O)NC(C)(C)C)S(=O)(=O)c2ccc(SC)cc2)cc1. The number of hydrogen-bond acceptors (Lipinski definition) is 6. The average Bonchev–Trinajstić information content (AvgIpc) is 2.96. The van der Waals surface area contributed by atoms with Gasteiger partial charge in [-0.25, -0.2) is 8.42 Å². The van der Waals surface area contributed by atoms with Gasteiger partial charge in [-0.05, 0) is 101 Å². The summed E-state index contributed by atoms with van der Waals surface area (Å²) >= 11 is 1.51. The molecule has 232 valence electrons. The number of carbonyl (C=O) groups excluding carboxylic acids is 2. The first-order chi connectivity index (χ1) is 20.3. The van der Waals surface area contributed by atoms with E-state index in [2.05, 4.69) is 5.32 Å². The van der Waals surface area contributed by atoms with Crippen molar-refractivity contribution in [2.24, 2.45) is 0 Å². The number of nitrogens with one attached hydrogen (secondary N) is 1. The van der Waals surface area contributed by atoms with Gasteiger partial charge in [-0.1, -0.05) is 36.8 Å². The quantitative estimate of drug-likeness (QED) is 0.233. The van der Waals surface area contributed by atoms with Crippen LogP contribution in [-0.4, -0.2) is 56.1 Å². The van der Waals surface area contributed by atoms with Crippen molar-refractivity contribution in [3.05, 3.63) is 83.9 Å². The van der Waals surface area contributed by atoms with Gasteiger partial charge < -0.3 is 15.0 Å². The Kier molecular flexibility index (Phi) is 11.7. The van der Waals surface area contributed by atoms with E-state index in [1.165, 1.54) is 16.7 Å². The molecule has 0 aliphatic heterocycles. The lowest BCUT2D eigenvalue weighted by molar-refractivity contribution is -0.141. The highest BCUT2D eigenvalue weighted by Crippen LogP contribution is 2.28. The number of thioether (sulfide) groups is 1. The second kappa shape index (κ2) is 14.8. The fourth-order valence-electron chi connectivity index (χ4n) is 4.54. The fraction of sp³-hybridized carbons (Fsp3) is 0.394. The van der Waals surface area contributed by atoms with E-state index < -0.39 is 34.1 Å². The molecule has 1 atom stereocenters. The molecule has 0 heterocycles. The van der Waals surface area contributed by atoms with E-state index in [-0.39, 0.29) is 17.3 Å². The van der Waals surface area contributed by atoms with Gasteiger partial charge in [0.15, 0.2) is 0 Å². The standard InChI is InChI=1S/C33H43N3O5S2/c1-8-30(32(38)34-33(4,5)6)35(22-25-12-10-24(3)11-13-25)31(37)23-36(26-14-16-27(17-15-26)41-9-2)43(39,40)29-20-18-28(42-7)19-21-29/h10-21,30H,8-9,22-23H2,1-7H3,(H,34,38). The third-order valence-electron chi connectivity index (χ3n) is 6.72. The number of aryl methyl sites for hydroxylation is 1. The second-order valence-corrected chi connectivity index (χ2v) is 14.0. The number of hydrogen-bond donors (Lipinski definition) is 1. The smallest absolute Gasteiger partial charge is 0.264 e. The van der Waals surface area contributed by atoms with E-state index in [1.54, 1.807) is 48.5 Å². The Morgan fingerprint density at radius 1 is 0.930 bits per heavy atom. The number of rotatable bonds is 13. The zero-order valence-electron chi connectivity index (χ0n) is 26.1. The van der Waals surface area contributed by atoms with Crippen molar-refractivity contribution in [2.45, 2.75) is 75.9 Å². The van der Waals surface area contributed by atoms with E-state index in [0.29, 0.717) is 24.5 Å². The third-order valence-corrected chi connectivity index (χ3v) is 9.25. The van der Waals surface area contributed by atoms with Crippen LogP contribution in [0.5, 0.6) is 5.75 Å². The molecule has 0 bridgehead atoms. The lowest BCUT2D eigenvalue weighted by Gasteiger charge is -2.34. The molecule has 0 fully saturated rings. The molecule has 0 saturated heterocycles. The van der Waals surface area contributed by atoms with E-state index in [0.717, 1.165) is 20.3 Å². The molecule has 3 rings (SSSR count). The van der Waals surface area contributed by atoms with Crippen molar-refractivity contribution in [2.75, 3.05) is 23.7 Å². The zero-order chi connectivity index (χ0) is 31.8. The summed E-state index contributed by atoms with van der Waals surface area (Å²) in [4.78, 5) is 30.2. The molecule has 0 aliphatic rings. The monoisotopic (exact) mass is 625 g/mol. The van der Waals surface area contributed by atoms with Crippen molar-refractivity contribution in [3.63, 3.8) is 0 Å². The molecule has 0 radical (unpaired) electrons. The lowest BCUT2D eigenvalue weighted by atomic mass is 10.1. The van der Waals surface area contributed by atoms with Gasteiger partial charge in [-0.3, -0.25) is 13.9 Å². The van der Waals surface area contributed by atoms with Gasteiger partial charge in [0.2, 0.25) is 11.8 Å². The van der Waals surface area contributed by atoms with E-state index in [4.69, 9.17) is 4.74 Å². The van der Waals surface area contributed by atoms with Gasteiger partial charge in [-0.15, -0.1) is 11.8 Å². The Balaban J connectivity index is 2.07. The fourth-order valence-corrected chi connectivity index (χ4v) is 6.36. The van der Waals surface area contributed by atoms with Crippen LogP contribution in [0, 0.1) is 6.92 Å². The minimum Gasteiger partial charge on any atom is -0.494 e. The van der Waals surface area contributed by atoms with E-state index in [9.17, 15) is 18.0 Å². The predicted octanol–water partition coefficient (Wildman–Crippen LogP) is 6.03. The molecule has 0 aromatic heterocycles. The van der Waals surface area contributed by atoms with Crippen molar-refractivity contribution in [1.29, 1.82) is 0 Å². The van der Waals surface area contributed by atoms with Crippen molar-refractivity contribution >= 4 is 39.3 Å². The molecule has 0 spiro atoms. The number of ether oxygens (including phenoxy) is 1. The molecule has 3 aromatic carbocycles. The highest BCUT2D eigenvalue weighted by Gasteiger charge is 2.34. The van der Waals surface area contributed by atoms with Crippen LogP contribution in [0.4, 0.5) is 5.69 Å². The van der Waals surface area contributed by atoms with Crippen molar-refractivity contribution in [3.8, 4) is 5.75 Å². The summed E-state index contributed by atoms with van der Waals surface area (Å²) in [5, 5.41) is 2.99. The Morgan fingerprint density at radius 3 is 2.05 bits per heavy atom. The summed E-state index contributed by atoms with van der Waals surface area (Å²) < 4.78 is 34.9. The van der Waals surface area contributed by atoms with Crippen LogP contribution in [0.3, 0.4) is 0 Å². The normalized spacial score (nSPS) is 12.3. The van der Waals surface area contributed by atoms with Crippen LogP contribution in [0.1, 0.15) is 52.2 Å². The maximum absolute atomic E-state index is 14.2. The summed E-state index contributed by atoms with van der Waals surface area (Å²) in [6.45, 7) is 11.4. The molecular formula is C33H43N3O5S2. The molecule has 0 saturated carbocycles. The zero-order valence-corrected chi connectivity index (χ0v) is 27.7.